The largest absolute Gasteiger partial charge is 0.417 e. The second-order valence-electron chi connectivity index (χ2n) is 2.81. The maximum absolute atomic E-state index is 12.2. The number of pyridine rings is 1. The Bertz CT molecular complexity index is 371. The lowest BCUT2D eigenvalue weighted by molar-refractivity contribution is -0.137. The van der Waals surface area contributed by atoms with E-state index in [1.165, 1.54) is 18.3 Å². The van der Waals surface area contributed by atoms with Crippen molar-refractivity contribution in [2.45, 2.75) is 12.6 Å². The van der Waals surface area contributed by atoms with Crippen molar-refractivity contribution in [1.82, 2.24) is 4.98 Å². The molecule has 0 amide bonds. The van der Waals surface area contributed by atoms with Crippen LogP contribution in [0.1, 0.15) is 17.5 Å². The van der Waals surface area contributed by atoms with Gasteiger partial charge in [0.1, 0.15) is 6.29 Å². The molecular weight excluding hydrogens is 207 g/mol. The van der Waals surface area contributed by atoms with Crippen LogP contribution in [0.5, 0.6) is 0 Å². The summed E-state index contributed by atoms with van der Waals surface area (Å²) < 4.78 is 36.7. The highest BCUT2D eigenvalue weighted by Crippen LogP contribution is 2.29. The fraction of sp³-hybridized carbons (Fsp3) is 0.200. The topological polar surface area (TPSA) is 30.0 Å². The van der Waals surface area contributed by atoms with Crippen molar-refractivity contribution < 1.29 is 18.0 Å². The summed E-state index contributed by atoms with van der Waals surface area (Å²) in [7, 11) is 0. The zero-order valence-corrected chi connectivity index (χ0v) is 7.66. The molecule has 5 heteroatoms. The van der Waals surface area contributed by atoms with Gasteiger partial charge in [-0.15, -0.1) is 0 Å². The zero-order valence-electron chi connectivity index (χ0n) is 7.66. The van der Waals surface area contributed by atoms with E-state index < -0.39 is 11.7 Å². The Morgan fingerprint density at radius 3 is 2.67 bits per heavy atom. The van der Waals surface area contributed by atoms with Gasteiger partial charge >= 0.3 is 6.18 Å². The summed E-state index contributed by atoms with van der Waals surface area (Å²) in [6.45, 7) is 0. The number of nitrogens with zero attached hydrogens (tertiary/aromatic N) is 1. The van der Waals surface area contributed by atoms with E-state index in [0.717, 1.165) is 12.3 Å². The molecule has 1 aromatic heterocycles. The molecule has 0 radical (unpaired) electrons. The maximum atomic E-state index is 12.2. The van der Waals surface area contributed by atoms with Crippen molar-refractivity contribution >= 4 is 12.4 Å². The number of allylic oxidation sites excluding steroid dienone is 1. The molecule has 0 aliphatic heterocycles. The minimum Gasteiger partial charge on any atom is -0.303 e. The molecule has 0 N–H and O–H groups in total. The third-order valence-corrected chi connectivity index (χ3v) is 1.63. The van der Waals surface area contributed by atoms with E-state index in [0.29, 0.717) is 11.8 Å². The second-order valence-corrected chi connectivity index (χ2v) is 2.81. The van der Waals surface area contributed by atoms with E-state index in [-0.39, 0.29) is 6.42 Å². The van der Waals surface area contributed by atoms with Crippen molar-refractivity contribution in [3.63, 3.8) is 0 Å². The normalized spacial score (nSPS) is 11.9. The predicted octanol–water partition coefficient (Wildman–Crippen LogP) is 2.70. The molecule has 1 rings (SSSR count). The molecule has 0 unspecified atom stereocenters. The molecule has 80 valence electrons. The fourth-order valence-electron chi connectivity index (χ4n) is 0.964. The number of hydrogen-bond acceptors (Lipinski definition) is 2. The summed E-state index contributed by atoms with van der Waals surface area (Å²) in [5, 5.41) is 0. The van der Waals surface area contributed by atoms with Crippen LogP contribution in [-0.4, -0.2) is 11.3 Å². The first kappa shape index (κ1) is 11.4. The molecule has 0 spiro atoms. The van der Waals surface area contributed by atoms with E-state index in [4.69, 9.17) is 0 Å². The molecule has 1 heterocycles. The Hall–Kier alpha value is -1.65. The summed E-state index contributed by atoms with van der Waals surface area (Å²) in [4.78, 5) is 13.4. The van der Waals surface area contributed by atoms with Crippen molar-refractivity contribution in [3.8, 4) is 0 Å². The van der Waals surface area contributed by atoms with Gasteiger partial charge in [-0.05, 0) is 11.6 Å². The SMILES string of the molecule is O=CCC=Cc1cncc(C(F)(F)F)c1. The van der Waals surface area contributed by atoms with Crippen molar-refractivity contribution in [2.75, 3.05) is 0 Å². The maximum Gasteiger partial charge on any atom is 0.417 e. The number of carbonyl (C=O) groups is 1. The Morgan fingerprint density at radius 1 is 1.33 bits per heavy atom. The van der Waals surface area contributed by atoms with Crippen LogP contribution < -0.4 is 0 Å². The van der Waals surface area contributed by atoms with Gasteiger partial charge in [-0.2, -0.15) is 13.2 Å². The van der Waals surface area contributed by atoms with E-state index in [1.54, 1.807) is 0 Å². The highest BCUT2D eigenvalue weighted by molar-refractivity contribution is 5.57. The quantitative estimate of drug-likeness (QED) is 0.725. The molecule has 0 fully saturated rings. The van der Waals surface area contributed by atoms with Crippen molar-refractivity contribution in [1.29, 1.82) is 0 Å². The molecule has 2 nitrogen and oxygen atoms in total. The minimum absolute atomic E-state index is 0.177. The number of halogens is 3. The van der Waals surface area contributed by atoms with Gasteiger partial charge in [0, 0.05) is 18.8 Å². The van der Waals surface area contributed by atoms with Crippen molar-refractivity contribution in [2.24, 2.45) is 0 Å². The van der Waals surface area contributed by atoms with Crippen LogP contribution in [0.3, 0.4) is 0 Å². The molecule has 0 aliphatic carbocycles. The summed E-state index contributed by atoms with van der Waals surface area (Å²) in [5.41, 5.74) is -0.470. The molecule has 0 aromatic carbocycles. The Labute approximate surface area is 84.4 Å². The summed E-state index contributed by atoms with van der Waals surface area (Å²) in [5.74, 6) is 0. The lowest BCUT2D eigenvalue weighted by Crippen LogP contribution is -2.05. The van der Waals surface area contributed by atoms with Gasteiger partial charge < -0.3 is 4.79 Å². The van der Waals surface area contributed by atoms with Gasteiger partial charge in [-0.1, -0.05) is 12.2 Å². The third-order valence-electron chi connectivity index (χ3n) is 1.63. The lowest BCUT2D eigenvalue weighted by atomic mass is 10.2. The summed E-state index contributed by atoms with van der Waals surface area (Å²) in [6.07, 6.45) is 1.42. The van der Waals surface area contributed by atoms with Gasteiger partial charge in [0.25, 0.3) is 0 Å². The van der Waals surface area contributed by atoms with E-state index >= 15 is 0 Å². The van der Waals surface area contributed by atoms with Gasteiger partial charge in [-0.3, -0.25) is 4.98 Å². The van der Waals surface area contributed by atoms with E-state index in [1.807, 2.05) is 0 Å². The fourth-order valence-corrected chi connectivity index (χ4v) is 0.964. The van der Waals surface area contributed by atoms with E-state index in [9.17, 15) is 18.0 Å². The molecule has 0 atom stereocenters. The Morgan fingerprint density at radius 2 is 2.07 bits per heavy atom. The minimum atomic E-state index is -4.39. The highest BCUT2D eigenvalue weighted by atomic mass is 19.4. The first-order chi connectivity index (χ1) is 7.04. The van der Waals surface area contributed by atoms with Crippen LogP contribution in [0.2, 0.25) is 0 Å². The molecule has 0 saturated carbocycles. The summed E-state index contributed by atoms with van der Waals surface area (Å²) >= 11 is 0. The van der Waals surface area contributed by atoms with Crippen LogP contribution >= 0.6 is 0 Å². The lowest BCUT2D eigenvalue weighted by Gasteiger charge is -2.05. The molecule has 0 aliphatic rings. The van der Waals surface area contributed by atoms with Gasteiger partial charge in [0.2, 0.25) is 0 Å². The Kier molecular flexibility index (Phi) is 3.60. The van der Waals surface area contributed by atoms with Crippen molar-refractivity contribution in [3.05, 3.63) is 35.7 Å². The highest BCUT2D eigenvalue weighted by Gasteiger charge is 2.30. The number of aromatic nitrogens is 1. The van der Waals surface area contributed by atoms with Crippen LogP contribution in [0, 0.1) is 0 Å². The molecule has 15 heavy (non-hydrogen) atoms. The summed E-state index contributed by atoms with van der Waals surface area (Å²) in [6, 6.07) is 0.980. The number of alkyl halides is 3. The molecule has 1 aromatic rings. The average molecular weight is 215 g/mol. The average Bonchev–Trinajstić information content (AvgIpc) is 2.17. The van der Waals surface area contributed by atoms with Crippen LogP contribution in [0.4, 0.5) is 13.2 Å². The predicted molar refractivity (Wildman–Crippen MR) is 49.0 cm³/mol. The van der Waals surface area contributed by atoms with Crippen LogP contribution in [-0.2, 0) is 11.0 Å². The van der Waals surface area contributed by atoms with Gasteiger partial charge in [0.05, 0.1) is 5.56 Å². The zero-order chi connectivity index (χ0) is 11.3. The Balaban J connectivity index is 2.88. The molecule has 0 bridgehead atoms. The second kappa shape index (κ2) is 4.72. The van der Waals surface area contributed by atoms with Gasteiger partial charge in [-0.25, -0.2) is 0 Å². The first-order valence-electron chi connectivity index (χ1n) is 4.16. The van der Waals surface area contributed by atoms with E-state index in [2.05, 4.69) is 4.98 Å². The van der Waals surface area contributed by atoms with Gasteiger partial charge in [0.15, 0.2) is 0 Å². The number of carbonyl (C=O) groups excluding carboxylic acids is 1. The number of aldehydes is 1. The van der Waals surface area contributed by atoms with Crippen LogP contribution in [0.15, 0.2) is 24.5 Å². The monoisotopic (exact) mass is 215 g/mol. The number of rotatable bonds is 3. The standard InChI is InChI=1S/C10H8F3NO/c11-10(12,13)9-5-8(6-14-7-9)3-1-2-4-15/h1,3-7H,2H2. The molecular formula is C10H8F3NO. The third kappa shape index (κ3) is 3.53. The smallest absolute Gasteiger partial charge is 0.303 e. The first-order valence-corrected chi connectivity index (χ1v) is 4.16. The molecule has 0 saturated heterocycles. The van der Waals surface area contributed by atoms with Crippen LogP contribution in [0.25, 0.3) is 6.08 Å². The number of hydrogen-bond donors (Lipinski definition) is 0.